The Morgan fingerprint density at radius 3 is 1.90 bits per heavy atom. The highest BCUT2D eigenvalue weighted by molar-refractivity contribution is 6.09. The molecular weight excluding hydrogens is 404 g/mol. The van der Waals surface area contributed by atoms with Crippen LogP contribution in [0.2, 0.25) is 0 Å². The zero-order valence-electron chi connectivity index (χ0n) is 16.3. The summed E-state index contributed by atoms with van der Waals surface area (Å²) in [4.78, 5) is 28.9. The van der Waals surface area contributed by atoms with E-state index in [4.69, 9.17) is 4.74 Å². The van der Waals surface area contributed by atoms with Gasteiger partial charge in [0.25, 0.3) is 5.82 Å². The van der Waals surface area contributed by atoms with Crippen LogP contribution in [0, 0.1) is 18.6 Å². The van der Waals surface area contributed by atoms with Gasteiger partial charge in [-0.05, 0) is 79.7 Å². The lowest BCUT2D eigenvalue weighted by Gasteiger charge is -2.04. The summed E-state index contributed by atoms with van der Waals surface area (Å²) in [5.41, 5.74) is 1.26. The largest absolute Gasteiger partial charge is 0.421 e. The molecule has 0 radical (unpaired) electrons. The van der Waals surface area contributed by atoms with E-state index in [1.807, 2.05) is 0 Å². The molecule has 4 aromatic rings. The molecule has 6 nitrogen and oxygen atoms in total. The Morgan fingerprint density at radius 1 is 0.806 bits per heavy atom. The van der Waals surface area contributed by atoms with Gasteiger partial charge >= 0.3 is 5.97 Å². The van der Waals surface area contributed by atoms with Gasteiger partial charge < -0.3 is 4.74 Å². The fraction of sp³-hybridized carbons (Fsp3) is 0.0435. The predicted octanol–water partition coefficient (Wildman–Crippen LogP) is 4.30. The van der Waals surface area contributed by atoms with E-state index in [1.54, 1.807) is 6.92 Å². The van der Waals surface area contributed by atoms with E-state index in [0.717, 1.165) is 0 Å². The van der Waals surface area contributed by atoms with Gasteiger partial charge in [0, 0.05) is 11.1 Å². The van der Waals surface area contributed by atoms with Crippen molar-refractivity contribution in [3.05, 3.63) is 107 Å². The van der Waals surface area contributed by atoms with E-state index in [0.29, 0.717) is 22.6 Å². The maximum atomic E-state index is 13.1. The average molecular weight is 419 g/mol. The molecular formula is C23H15F2N3O3. The molecule has 4 rings (SSSR count). The summed E-state index contributed by atoms with van der Waals surface area (Å²) < 4.78 is 32.8. The zero-order valence-corrected chi connectivity index (χ0v) is 16.3. The highest BCUT2D eigenvalue weighted by atomic mass is 19.1. The minimum Gasteiger partial charge on any atom is -0.421 e. The van der Waals surface area contributed by atoms with Crippen LogP contribution in [0.1, 0.15) is 32.4 Å². The molecule has 3 aromatic carbocycles. The van der Waals surface area contributed by atoms with Crippen LogP contribution in [0.25, 0.3) is 5.69 Å². The van der Waals surface area contributed by atoms with Crippen molar-refractivity contribution in [1.82, 2.24) is 14.8 Å². The van der Waals surface area contributed by atoms with Gasteiger partial charge in [0.05, 0.1) is 5.69 Å². The Morgan fingerprint density at radius 2 is 1.32 bits per heavy atom. The zero-order chi connectivity index (χ0) is 22.0. The summed E-state index contributed by atoms with van der Waals surface area (Å²) in [6, 6.07) is 16.8. The molecule has 0 fully saturated rings. The molecule has 0 unspecified atom stereocenters. The first-order chi connectivity index (χ1) is 14.9. The van der Waals surface area contributed by atoms with Gasteiger partial charge in [-0.1, -0.05) is 0 Å². The molecule has 0 bridgehead atoms. The normalized spacial score (nSPS) is 10.7. The molecule has 0 atom stereocenters. The number of aromatic nitrogens is 3. The van der Waals surface area contributed by atoms with Gasteiger partial charge in [0.2, 0.25) is 0 Å². The van der Waals surface area contributed by atoms with E-state index < -0.39 is 11.8 Å². The van der Waals surface area contributed by atoms with Gasteiger partial charge in [-0.25, -0.2) is 23.2 Å². The molecule has 1 aromatic heterocycles. The lowest BCUT2D eigenvalue weighted by atomic mass is 10.0. The van der Waals surface area contributed by atoms with E-state index in [2.05, 4.69) is 10.1 Å². The Balaban J connectivity index is 1.48. The van der Waals surface area contributed by atoms with Gasteiger partial charge in [-0.15, -0.1) is 5.10 Å². The maximum Gasteiger partial charge on any atom is 0.383 e. The van der Waals surface area contributed by atoms with Crippen molar-refractivity contribution in [3.8, 4) is 11.4 Å². The van der Waals surface area contributed by atoms with E-state index in [9.17, 15) is 18.4 Å². The summed E-state index contributed by atoms with van der Waals surface area (Å²) in [5, 5.41) is 4.12. The number of ketones is 1. The summed E-state index contributed by atoms with van der Waals surface area (Å²) in [6.07, 6.45) is 0. The molecule has 0 amide bonds. The van der Waals surface area contributed by atoms with Crippen molar-refractivity contribution < 1.29 is 23.1 Å². The lowest BCUT2D eigenvalue weighted by molar-refractivity contribution is 0.0722. The average Bonchev–Trinajstić information content (AvgIpc) is 3.17. The molecule has 0 saturated carbocycles. The first-order valence-electron chi connectivity index (χ1n) is 9.23. The number of carbonyl (C=O) groups excluding carboxylic acids is 2. The number of esters is 1. The molecule has 31 heavy (non-hydrogen) atoms. The number of carbonyl (C=O) groups is 2. The van der Waals surface area contributed by atoms with Crippen LogP contribution in [-0.2, 0) is 0 Å². The molecule has 8 heteroatoms. The van der Waals surface area contributed by atoms with Crippen molar-refractivity contribution in [2.24, 2.45) is 0 Å². The smallest absolute Gasteiger partial charge is 0.383 e. The second-order valence-corrected chi connectivity index (χ2v) is 6.62. The number of hydrogen-bond donors (Lipinski definition) is 0. The monoisotopic (exact) mass is 419 g/mol. The van der Waals surface area contributed by atoms with Crippen molar-refractivity contribution in [3.63, 3.8) is 0 Å². The minimum atomic E-state index is -0.776. The first kappa shape index (κ1) is 20.1. The highest BCUT2D eigenvalue weighted by Gasteiger charge is 2.18. The molecule has 0 aliphatic heterocycles. The Kier molecular flexibility index (Phi) is 5.36. The summed E-state index contributed by atoms with van der Waals surface area (Å²) >= 11 is 0. The standard InChI is InChI=1S/C23H15F2N3O3/c1-14-26-22(27-28(14)19-10-8-18(25)9-11-19)23(30)31-20-12-4-16(5-13-20)21(29)15-2-6-17(24)7-3-15/h2-13H,1H3. The van der Waals surface area contributed by atoms with Gasteiger partial charge in [0.1, 0.15) is 23.2 Å². The Bertz CT molecular complexity index is 1250. The number of hydrogen-bond acceptors (Lipinski definition) is 5. The van der Waals surface area contributed by atoms with E-state index >= 15 is 0 Å². The Labute approximate surface area is 175 Å². The lowest BCUT2D eigenvalue weighted by Crippen LogP contribution is -2.11. The topological polar surface area (TPSA) is 74.1 Å². The SMILES string of the molecule is Cc1nc(C(=O)Oc2ccc(C(=O)c3ccc(F)cc3)cc2)nn1-c1ccc(F)cc1. The number of benzene rings is 3. The number of nitrogens with zero attached hydrogens (tertiary/aromatic N) is 3. The molecule has 1 heterocycles. The molecule has 0 saturated heterocycles. The van der Waals surface area contributed by atoms with Crippen molar-refractivity contribution in [2.45, 2.75) is 6.92 Å². The summed E-state index contributed by atoms with van der Waals surface area (Å²) in [5.74, 6) is -1.40. The molecule has 0 spiro atoms. The van der Waals surface area contributed by atoms with Crippen LogP contribution in [-0.4, -0.2) is 26.5 Å². The first-order valence-corrected chi connectivity index (χ1v) is 9.23. The molecule has 154 valence electrons. The minimum absolute atomic E-state index is 0.159. The second kappa shape index (κ2) is 8.27. The van der Waals surface area contributed by atoms with Gasteiger partial charge in [0.15, 0.2) is 5.78 Å². The molecule has 0 N–H and O–H groups in total. The summed E-state index contributed by atoms with van der Waals surface area (Å²) in [7, 11) is 0. The highest BCUT2D eigenvalue weighted by Crippen LogP contribution is 2.17. The van der Waals surface area contributed by atoms with E-state index in [1.165, 1.54) is 77.5 Å². The van der Waals surface area contributed by atoms with Crippen LogP contribution in [0.5, 0.6) is 5.75 Å². The van der Waals surface area contributed by atoms with Crippen LogP contribution < -0.4 is 4.74 Å². The number of rotatable bonds is 5. The third kappa shape index (κ3) is 4.37. The van der Waals surface area contributed by atoms with Gasteiger partial charge in [-0.2, -0.15) is 0 Å². The number of ether oxygens (including phenoxy) is 1. The molecule has 0 aliphatic carbocycles. The third-order valence-electron chi connectivity index (χ3n) is 4.46. The predicted molar refractivity (Wildman–Crippen MR) is 107 cm³/mol. The van der Waals surface area contributed by atoms with Crippen LogP contribution in [0.4, 0.5) is 8.78 Å². The third-order valence-corrected chi connectivity index (χ3v) is 4.46. The molecule has 0 aliphatic rings. The van der Waals surface area contributed by atoms with E-state index in [-0.39, 0.29) is 23.2 Å². The number of aryl methyl sites for hydroxylation is 1. The van der Waals surface area contributed by atoms with Crippen molar-refractivity contribution in [2.75, 3.05) is 0 Å². The Hall–Kier alpha value is -4.20. The van der Waals surface area contributed by atoms with Crippen LogP contribution in [0.15, 0.2) is 72.8 Å². The number of halogens is 2. The van der Waals surface area contributed by atoms with Crippen molar-refractivity contribution in [1.29, 1.82) is 0 Å². The fourth-order valence-electron chi connectivity index (χ4n) is 2.90. The second-order valence-electron chi connectivity index (χ2n) is 6.62. The quantitative estimate of drug-likeness (QED) is 0.274. The summed E-state index contributed by atoms with van der Waals surface area (Å²) in [6.45, 7) is 1.66. The maximum absolute atomic E-state index is 13.1. The van der Waals surface area contributed by atoms with Crippen LogP contribution >= 0.6 is 0 Å². The fourth-order valence-corrected chi connectivity index (χ4v) is 2.90. The van der Waals surface area contributed by atoms with Gasteiger partial charge in [-0.3, -0.25) is 4.79 Å². The van der Waals surface area contributed by atoms with Crippen LogP contribution in [0.3, 0.4) is 0 Å². The van der Waals surface area contributed by atoms with Crippen molar-refractivity contribution >= 4 is 11.8 Å².